The first-order valence-corrected chi connectivity index (χ1v) is 8.59. The van der Waals surface area contributed by atoms with Gasteiger partial charge in [-0.15, -0.1) is 11.3 Å². The highest BCUT2D eigenvalue weighted by molar-refractivity contribution is 7.09. The van der Waals surface area contributed by atoms with Gasteiger partial charge in [0.15, 0.2) is 0 Å². The number of nitrogens with zero attached hydrogens (tertiary/aromatic N) is 4. The van der Waals surface area contributed by atoms with Gasteiger partial charge in [-0.1, -0.05) is 0 Å². The number of thiazole rings is 1. The van der Waals surface area contributed by atoms with Gasteiger partial charge in [-0.2, -0.15) is 0 Å². The first-order chi connectivity index (χ1) is 11.2. The van der Waals surface area contributed by atoms with Gasteiger partial charge in [0.05, 0.1) is 19.2 Å². The van der Waals surface area contributed by atoms with Gasteiger partial charge in [0.2, 0.25) is 0 Å². The number of aliphatic hydroxyl groups is 1. The summed E-state index contributed by atoms with van der Waals surface area (Å²) < 4.78 is 1.94. The Bertz CT molecular complexity index is 638. The maximum absolute atomic E-state index is 12.7. The van der Waals surface area contributed by atoms with Crippen molar-refractivity contribution in [3.63, 3.8) is 0 Å². The fourth-order valence-corrected chi connectivity index (χ4v) is 3.22. The predicted octanol–water partition coefficient (Wildman–Crippen LogP) is 1.53. The Morgan fingerprint density at radius 2 is 2.35 bits per heavy atom. The highest BCUT2D eigenvalue weighted by Gasteiger charge is 2.36. The Morgan fingerprint density at radius 3 is 2.91 bits per heavy atom. The summed E-state index contributed by atoms with van der Waals surface area (Å²) in [6, 6.07) is -0.269. The predicted molar refractivity (Wildman–Crippen MR) is 86.8 cm³/mol. The first-order valence-electron chi connectivity index (χ1n) is 7.71. The summed E-state index contributed by atoms with van der Waals surface area (Å²) in [5.74, 6) is 1.31. The Labute approximate surface area is 139 Å². The van der Waals surface area contributed by atoms with E-state index in [0.29, 0.717) is 12.5 Å². The van der Waals surface area contributed by atoms with Crippen LogP contribution in [0.5, 0.6) is 0 Å². The van der Waals surface area contributed by atoms with Crippen LogP contribution in [-0.4, -0.2) is 43.7 Å². The zero-order chi connectivity index (χ0) is 16.2. The highest BCUT2D eigenvalue weighted by atomic mass is 32.1. The van der Waals surface area contributed by atoms with Gasteiger partial charge in [0, 0.05) is 37.6 Å². The zero-order valence-electron chi connectivity index (χ0n) is 13.1. The van der Waals surface area contributed by atoms with E-state index < -0.39 is 0 Å². The number of rotatable bonds is 7. The summed E-state index contributed by atoms with van der Waals surface area (Å²) >= 11 is 1.50. The largest absolute Gasteiger partial charge is 0.395 e. The Kier molecular flexibility index (Phi) is 4.92. The molecule has 7 nitrogen and oxygen atoms in total. The molecule has 1 atom stereocenters. The molecule has 1 saturated carbocycles. The van der Waals surface area contributed by atoms with Crippen molar-refractivity contribution in [2.75, 3.05) is 13.2 Å². The van der Waals surface area contributed by atoms with Crippen molar-refractivity contribution in [2.24, 2.45) is 13.0 Å². The molecule has 0 radical (unpaired) electrons. The molecule has 1 fully saturated rings. The minimum absolute atomic E-state index is 0.0741. The molecule has 0 spiro atoms. The molecule has 1 aliphatic carbocycles. The van der Waals surface area contributed by atoms with E-state index in [9.17, 15) is 9.90 Å². The van der Waals surface area contributed by atoms with Crippen molar-refractivity contribution in [3.05, 3.63) is 34.8 Å². The van der Waals surface area contributed by atoms with E-state index >= 15 is 0 Å². The number of aromatic nitrogens is 3. The molecule has 2 aromatic rings. The number of amides is 2. The molecule has 2 N–H and O–H groups in total. The van der Waals surface area contributed by atoms with Crippen LogP contribution in [0.3, 0.4) is 0 Å². The number of hydrogen-bond acceptors (Lipinski definition) is 5. The molecule has 0 saturated heterocycles. The average molecular weight is 335 g/mol. The SMILES string of the molecule is Cn1ccnc1C(NC(=O)N(CCO)Cc1nccs1)C1CC1. The van der Waals surface area contributed by atoms with E-state index in [0.717, 1.165) is 23.7 Å². The van der Waals surface area contributed by atoms with Gasteiger partial charge < -0.3 is 19.9 Å². The van der Waals surface area contributed by atoms with Gasteiger partial charge in [-0.25, -0.2) is 14.8 Å². The smallest absolute Gasteiger partial charge is 0.318 e. The van der Waals surface area contributed by atoms with Crippen molar-refractivity contribution < 1.29 is 9.90 Å². The van der Waals surface area contributed by atoms with Crippen LogP contribution in [0.15, 0.2) is 24.0 Å². The lowest BCUT2D eigenvalue weighted by atomic mass is 10.1. The number of aryl methyl sites for hydroxylation is 1. The number of imidazole rings is 1. The average Bonchev–Trinajstić information content (AvgIpc) is 3.08. The standard InChI is InChI=1S/C15H21N5O2S/c1-19-6-4-17-14(19)13(11-2-3-11)18-15(22)20(7-8-21)10-12-16-5-9-23-12/h4-6,9,11,13,21H,2-3,7-8,10H2,1H3,(H,18,22). The number of carbonyl (C=O) groups is 1. The van der Waals surface area contributed by atoms with Crippen LogP contribution in [0, 0.1) is 5.92 Å². The normalized spacial score (nSPS) is 15.4. The topological polar surface area (TPSA) is 83.3 Å². The van der Waals surface area contributed by atoms with Crippen LogP contribution in [0.2, 0.25) is 0 Å². The molecule has 3 rings (SSSR count). The number of hydrogen-bond donors (Lipinski definition) is 2. The molecular formula is C15H21N5O2S. The fourth-order valence-electron chi connectivity index (χ4n) is 2.59. The summed E-state index contributed by atoms with van der Waals surface area (Å²) in [4.78, 5) is 22.8. The van der Waals surface area contributed by atoms with Crippen molar-refractivity contribution in [2.45, 2.75) is 25.4 Å². The van der Waals surface area contributed by atoms with Crippen molar-refractivity contribution in [1.29, 1.82) is 0 Å². The molecule has 23 heavy (non-hydrogen) atoms. The van der Waals surface area contributed by atoms with Gasteiger partial charge in [0.1, 0.15) is 10.8 Å². The van der Waals surface area contributed by atoms with Crippen molar-refractivity contribution in [3.8, 4) is 0 Å². The monoisotopic (exact) mass is 335 g/mol. The van der Waals surface area contributed by atoms with E-state index in [1.165, 1.54) is 11.3 Å². The second-order valence-electron chi connectivity index (χ2n) is 5.73. The Hall–Kier alpha value is -1.93. The zero-order valence-corrected chi connectivity index (χ0v) is 13.9. The molecule has 1 aliphatic rings. The molecule has 0 aromatic carbocycles. The minimum Gasteiger partial charge on any atom is -0.395 e. The molecule has 0 aliphatic heterocycles. The summed E-state index contributed by atoms with van der Waals surface area (Å²) in [5.41, 5.74) is 0. The summed E-state index contributed by atoms with van der Waals surface area (Å²) in [6.07, 6.45) is 7.56. The van der Waals surface area contributed by atoms with Gasteiger partial charge in [-0.3, -0.25) is 0 Å². The maximum Gasteiger partial charge on any atom is 0.318 e. The molecule has 2 heterocycles. The summed E-state index contributed by atoms with van der Waals surface area (Å²) in [7, 11) is 1.94. The van der Waals surface area contributed by atoms with E-state index in [2.05, 4.69) is 15.3 Å². The summed E-state index contributed by atoms with van der Waals surface area (Å²) in [5, 5.41) is 15.1. The van der Waals surface area contributed by atoms with Crippen molar-refractivity contribution >= 4 is 17.4 Å². The third-order valence-electron chi connectivity index (χ3n) is 3.98. The van der Waals surface area contributed by atoms with Crippen LogP contribution < -0.4 is 5.32 Å². The second-order valence-corrected chi connectivity index (χ2v) is 6.71. The third-order valence-corrected chi connectivity index (χ3v) is 4.74. The molecule has 2 amide bonds. The van der Waals surface area contributed by atoms with Gasteiger partial charge in [-0.05, 0) is 18.8 Å². The van der Waals surface area contributed by atoms with Gasteiger partial charge >= 0.3 is 6.03 Å². The lowest BCUT2D eigenvalue weighted by molar-refractivity contribution is 0.169. The number of aliphatic hydroxyl groups excluding tert-OH is 1. The van der Waals surface area contributed by atoms with Crippen LogP contribution in [0.4, 0.5) is 4.79 Å². The highest BCUT2D eigenvalue weighted by Crippen LogP contribution is 2.40. The number of carbonyl (C=O) groups excluding carboxylic acids is 1. The van der Waals surface area contributed by atoms with E-state index in [-0.39, 0.29) is 25.2 Å². The van der Waals surface area contributed by atoms with Crippen LogP contribution in [0.25, 0.3) is 0 Å². The fraction of sp³-hybridized carbons (Fsp3) is 0.533. The third kappa shape index (κ3) is 3.89. The Balaban J connectivity index is 1.70. The minimum atomic E-state index is -0.186. The molecule has 2 aromatic heterocycles. The van der Waals surface area contributed by atoms with E-state index in [4.69, 9.17) is 0 Å². The number of urea groups is 1. The van der Waals surface area contributed by atoms with Crippen LogP contribution >= 0.6 is 11.3 Å². The van der Waals surface area contributed by atoms with Crippen LogP contribution in [-0.2, 0) is 13.6 Å². The molecule has 0 bridgehead atoms. The molecule has 124 valence electrons. The van der Waals surface area contributed by atoms with Crippen LogP contribution in [0.1, 0.15) is 29.7 Å². The lowest BCUT2D eigenvalue weighted by Gasteiger charge is -2.25. The van der Waals surface area contributed by atoms with E-state index in [1.54, 1.807) is 17.3 Å². The molecular weight excluding hydrogens is 314 g/mol. The lowest BCUT2D eigenvalue weighted by Crippen LogP contribution is -2.43. The quantitative estimate of drug-likeness (QED) is 0.804. The first kappa shape index (κ1) is 15.9. The second kappa shape index (κ2) is 7.10. The van der Waals surface area contributed by atoms with Crippen molar-refractivity contribution in [1.82, 2.24) is 24.8 Å². The maximum atomic E-state index is 12.7. The van der Waals surface area contributed by atoms with Gasteiger partial charge in [0.25, 0.3) is 0 Å². The number of nitrogens with one attached hydrogen (secondary N) is 1. The molecule has 8 heteroatoms. The summed E-state index contributed by atoms with van der Waals surface area (Å²) in [6.45, 7) is 0.612. The molecule has 1 unspecified atom stereocenters. The Morgan fingerprint density at radius 1 is 1.52 bits per heavy atom. The van der Waals surface area contributed by atoms with E-state index in [1.807, 2.05) is 23.2 Å².